The average molecular weight is 236 g/mol. The summed E-state index contributed by atoms with van der Waals surface area (Å²) in [5, 5.41) is 12.7. The second-order valence-corrected chi connectivity index (χ2v) is 3.95. The van der Waals surface area contributed by atoms with E-state index in [2.05, 4.69) is 11.6 Å². The highest BCUT2D eigenvalue weighted by molar-refractivity contribution is 7.17. The van der Waals surface area contributed by atoms with Gasteiger partial charge >= 0.3 is 0 Å². The van der Waals surface area contributed by atoms with Crippen molar-refractivity contribution < 1.29 is 9.66 Å². The van der Waals surface area contributed by atoms with Crippen LogP contribution in [-0.4, -0.2) is 17.0 Å². The van der Waals surface area contributed by atoms with E-state index in [1.807, 2.05) is 5.38 Å². The molecule has 0 aromatic carbocycles. The molecule has 0 amide bonds. The number of ether oxygens (including phenoxy) is 1. The molecule has 0 aliphatic rings. The Labute approximate surface area is 95.1 Å². The molecule has 0 saturated heterocycles. The maximum Gasteiger partial charge on any atom is 0.299 e. The first-order valence-electron chi connectivity index (χ1n) is 4.39. The second kappa shape index (κ2) is 3.90. The number of hydrogen-bond donors (Lipinski definition) is 0. The molecule has 0 atom stereocenters. The van der Waals surface area contributed by atoms with Crippen LogP contribution in [-0.2, 0) is 4.74 Å². The minimum absolute atomic E-state index is 0.0817. The Kier molecular flexibility index (Phi) is 2.57. The number of hydrogen-bond acceptors (Lipinski definition) is 5. The Morgan fingerprint density at radius 1 is 1.69 bits per heavy atom. The number of fused-ring (bicyclic) bond motifs is 1. The standard InChI is InChI=1S/C10H8N2O3S/c1-6(15-2)9-8(12(13)14)5-11-7-3-4-16-10(7)9/h3-5H,1H2,2H3. The highest BCUT2D eigenvalue weighted by atomic mass is 32.1. The zero-order valence-electron chi connectivity index (χ0n) is 8.47. The molecule has 6 heteroatoms. The van der Waals surface area contributed by atoms with Crippen molar-refractivity contribution in [3.63, 3.8) is 0 Å². The molecule has 5 nitrogen and oxygen atoms in total. The number of thiophene rings is 1. The molecule has 2 heterocycles. The quantitative estimate of drug-likeness (QED) is 0.467. The van der Waals surface area contributed by atoms with Crippen LogP contribution in [0.1, 0.15) is 5.56 Å². The highest BCUT2D eigenvalue weighted by Gasteiger charge is 2.21. The lowest BCUT2D eigenvalue weighted by molar-refractivity contribution is -0.385. The Hall–Kier alpha value is -1.95. The van der Waals surface area contributed by atoms with Gasteiger partial charge in [0.15, 0.2) is 0 Å². The number of nitro groups is 1. The van der Waals surface area contributed by atoms with Gasteiger partial charge in [-0.05, 0) is 11.4 Å². The summed E-state index contributed by atoms with van der Waals surface area (Å²) in [5.41, 5.74) is 1.04. The van der Waals surface area contributed by atoms with Gasteiger partial charge in [-0.15, -0.1) is 11.3 Å². The lowest BCUT2D eigenvalue weighted by atomic mass is 10.2. The van der Waals surface area contributed by atoms with E-state index in [0.29, 0.717) is 11.1 Å². The van der Waals surface area contributed by atoms with E-state index in [0.717, 1.165) is 4.70 Å². The summed E-state index contributed by atoms with van der Waals surface area (Å²) in [6.45, 7) is 3.67. The molecule has 0 radical (unpaired) electrons. The molecule has 0 unspecified atom stereocenters. The van der Waals surface area contributed by atoms with E-state index >= 15 is 0 Å². The van der Waals surface area contributed by atoms with E-state index in [4.69, 9.17) is 4.74 Å². The van der Waals surface area contributed by atoms with Gasteiger partial charge in [0, 0.05) is 0 Å². The number of pyridine rings is 1. The summed E-state index contributed by atoms with van der Waals surface area (Å²) < 4.78 is 5.71. The molecule has 2 aromatic heterocycles. The molecule has 0 saturated carbocycles. The van der Waals surface area contributed by atoms with Gasteiger partial charge in [-0.1, -0.05) is 6.58 Å². The van der Waals surface area contributed by atoms with Gasteiger partial charge in [-0.2, -0.15) is 0 Å². The minimum atomic E-state index is -0.480. The topological polar surface area (TPSA) is 65.3 Å². The van der Waals surface area contributed by atoms with Crippen LogP contribution in [0.3, 0.4) is 0 Å². The van der Waals surface area contributed by atoms with E-state index in [9.17, 15) is 10.1 Å². The third kappa shape index (κ3) is 1.53. The van der Waals surface area contributed by atoms with Crippen molar-refractivity contribution in [3.8, 4) is 0 Å². The predicted molar refractivity (Wildman–Crippen MR) is 62.3 cm³/mol. The van der Waals surface area contributed by atoms with Gasteiger partial charge in [0.2, 0.25) is 0 Å². The smallest absolute Gasteiger partial charge is 0.299 e. The van der Waals surface area contributed by atoms with Crippen molar-refractivity contribution in [3.05, 3.63) is 39.9 Å². The van der Waals surface area contributed by atoms with Gasteiger partial charge in [-0.3, -0.25) is 10.1 Å². The maximum atomic E-state index is 10.9. The SMILES string of the molecule is C=C(OC)c1c([N+](=O)[O-])cnc2ccsc12. The molecule has 0 fully saturated rings. The Morgan fingerprint density at radius 3 is 3.06 bits per heavy atom. The van der Waals surface area contributed by atoms with Gasteiger partial charge in [0.05, 0.1) is 22.2 Å². The van der Waals surface area contributed by atoms with Crippen molar-refractivity contribution >= 4 is 33.0 Å². The first-order chi connectivity index (χ1) is 7.65. The van der Waals surface area contributed by atoms with Crippen molar-refractivity contribution in [2.45, 2.75) is 0 Å². The zero-order chi connectivity index (χ0) is 11.7. The molecule has 0 N–H and O–H groups in total. The molecule has 0 spiro atoms. The molecular weight excluding hydrogens is 228 g/mol. The first kappa shape index (κ1) is 10.6. The van der Waals surface area contributed by atoms with Crippen LogP contribution in [0, 0.1) is 10.1 Å². The fourth-order valence-electron chi connectivity index (χ4n) is 1.41. The number of aromatic nitrogens is 1. The summed E-state index contributed by atoms with van der Waals surface area (Å²) in [7, 11) is 1.44. The lowest BCUT2D eigenvalue weighted by Crippen LogP contribution is -1.97. The van der Waals surface area contributed by atoms with Crippen molar-refractivity contribution in [1.29, 1.82) is 0 Å². The normalized spacial score (nSPS) is 10.3. The Bertz CT molecular complexity index is 576. The first-order valence-corrected chi connectivity index (χ1v) is 5.27. The minimum Gasteiger partial charge on any atom is -0.496 e. The van der Waals surface area contributed by atoms with Crippen LogP contribution in [0.4, 0.5) is 5.69 Å². The molecule has 82 valence electrons. The summed E-state index contributed by atoms with van der Waals surface area (Å²) in [6.07, 6.45) is 1.23. The van der Waals surface area contributed by atoms with E-state index in [1.165, 1.54) is 24.6 Å². The van der Waals surface area contributed by atoms with Crippen LogP contribution < -0.4 is 0 Å². The molecule has 0 aliphatic heterocycles. The third-order valence-electron chi connectivity index (χ3n) is 2.18. The Morgan fingerprint density at radius 2 is 2.44 bits per heavy atom. The third-order valence-corrected chi connectivity index (χ3v) is 3.10. The maximum absolute atomic E-state index is 10.9. The van der Waals surface area contributed by atoms with Gasteiger partial charge in [-0.25, -0.2) is 4.98 Å². The molecule has 2 aromatic rings. The largest absolute Gasteiger partial charge is 0.496 e. The lowest BCUT2D eigenvalue weighted by Gasteiger charge is -2.05. The number of nitrogens with zero attached hydrogens (tertiary/aromatic N) is 2. The summed E-state index contributed by atoms with van der Waals surface area (Å²) in [6, 6.07) is 1.80. The van der Waals surface area contributed by atoms with E-state index < -0.39 is 4.92 Å². The van der Waals surface area contributed by atoms with E-state index in [1.54, 1.807) is 6.07 Å². The van der Waals surface area contributed by atoms with Crippen LogP contribution >= 0.6 is 11.3 Å². The fraction of sp³-hybridized carbons (Fsp3) is 0.100. The number of methoxy groups -OCH3 is 1. The summed E-state index contributed by atoms with van der Waals surface area (Å²) >= 11 is 1.38. The molecule has 0 aliphatic carbocycles. The van der Waals surface area contributed by atoms with Gasteiger partial charge in [0.1, 0.15) is 17.5 Å². The highest BCUT2D eigenvalue weighted by Crippen LogP contribution is 2.34. The summed E-state index contributed by atoms with van der Waals surface area (Å²) in [4.78, 5) is 14.4. The van der Waals surface area contributed by atoms with Crippen molar-refractivity contribution in [1.82, 2.24) is 4.98 Å². The van der Waals surface area contributed by atoms with Crippen LogP contribution in [0.2, 0.25) is 0 Å². The van der Waals surface area contributed by atoms with Gasteiger partial charge in [0.25, 0.3) is 5.69 Å². The summed E-state index contributed by atoms with van der Waals surface area (Å²) in [5.74, 6) is 0.279. The zero-order valence-corrected chi connectivity index (χ0v) is 9.28. The van der Waals surface area contributed by atoms with E-state index in [-0.39, 0.29) is 11.4 Å². The monoisotopic (exact) mass is 236 g/mol. The molecule has 16 heavy (non-hydrogen) atoms. The van der Waals surface area contributed by atoms with Crippen LogP contribution in [0.25, 0.3) is 16.0 Å². The van der Waals surface area contributed by atoms with Crippen LogP contribution in [0.5, 0.6) is 0 Å². The van der Waals surface area contributed by atoms with Crippen molar-refractivity contribution in [2.75, 3.05) is 7.11 Å². The van der Waals surface area contributed by atoms with Crippen LogP contribution in [0.15, 0.2) is 24.2 Å². The molecule has 2 rings (SSSR count). The molecule has 0 bridgehead atoms. The van der Waals surface area contributed by atoms with Crippen molar-refractivity contribution in [2.24, 2.45) is 0 Å². The predicted octanol–water partition coefficient (Wildman–Crippen LogP) is 2.82. The fourth-order valence-corrected chi connectivity index (χ4v) is 2.32. The molecular formula is C10H8N2O3S. The Balaban J connectivity index is 2.80. The number of rotatable bonds is 3. The average Bonchev–Trinajstić information content (AvgIpc) is 2.74. The van der Waals surface area contributed by atoms with Gasteiger partial charge < -0.3 is 4.74 Å². The second-order valence-electron chi connectivity index (χ2n) is 3.04.